The van der Waals surface area contributed by atoms with E-state index in [1.54, 1.807) is 62.7 Å². The first-order valence-corrected chi connectivity index (χ1v) is 12.1. The third-order valence-electron chi connectivity index (χ3n) is 5.74. The molecule has 1 aliphatic heterocycles. The summed E-state index contributed by atoms with van der Waals surface area (Å²) in [7, 11) is 1.33. The summed E-state index contributed by atoms with van der Waals surface area (Å²) in [6.45, 7) is 0.438. The van der Waals surface area contributed by atoms with E-state index in [4.69, 9.17) is 19.0 Å². The van der Waals surface area contributed by atoms with E-state index in [0.29, 0.717) is 18.1 Å². The molecule has 0 amide bonds. The number of ether oxygens (including phenoxy) is 3. The lowest BCUT2D eigenvalue weighted by atomic mass is 10.0. The van der Waals surface area contributed by atoms with Gasteiger partial charge in [0.15, 0.2) is 21.3 Å². The van der Waals surface area contributed by atoms with Gasteiger partial charge in [-0.3, -0.25) is 4.84 Å². The topological polar surface area (TPSA) is 74.3 Å². The largest absolute Gasteiger partial charge is 0.497 e. The van der Waals surface area contributed by atoms with Gasteiger partial charge in [-0.1, -0.05) is 36.4 Å². The van der Waals surface area contributed by atoms with Crippen LogP contribution in [0.1, 0.15) is 17.2 Å². The molecule has 7 nitrogen and oxygen atoms in total. The molecule has 2 atom stereocenters. The molecule has 0 radical (unpaired) electrons. The first kappa shape index (κ1) is 23.1. The molecule has 0 saturated carbocycles. The van der Waals surface area contributed by atoms with Gasteiger partial charge in [0, 0.05) is 7.05 Å². The third-order valence-corrected chi connectivity index (χ3v) is 7.86. The maximum Gasteiger partial charge on any atom is 0.185 e. The van der Waals surface area contributed by atoms with Gasteiger partial charge >= 0.3 is 0 Å². The van der Waals surface area contributed by atoms with E-state index >= 15 is 0 Å². The molecule has 1 heterocycles. The summed E-state index contributed by atoms with van der Waals surface area (Å²) < 4.78 is 43.3. The van der Waals surface area contributed by atoms with Crippen molar-refractivity contribution in [3.8, 4) is 17.2 Å². The average Bonchev–Trinajstić information content (AvgIpc) is 3.25. The van der Waals surface area contributed by atoms with Crippen molar-refractivity contribution in [3.63, 3.8) is 0 Å². The molecule has 0 bridgehead atoms. The number of nitrogens with zero attached hydrogens (tertiary/aromatic N) is 1. The first-order valence-electron chi connectivity index (χ1n) is 10.5. The van der Waals surface area contributed by atoms with Crippen LogP contribution in [0.3, 0.4) is 0 Å². The Bertz CT molecular complexity index is 1180. The number of sulfone groups is 1. The summed E-state index contributed by atoms with van der Waals surface area (Å²) in [4.78, 5) is 5.92. The fourth-order valence-corrected chi connectivity index (χ4v) is 5.73. The summed E-state index contributed by atoms with van der Waals surface area (Å²) in [5, 5.41) is 0.846. The van der Waals surface area contributed by atoms with Crippen LogP contribution in [0.5, 0.6) is 17.2 Å². The number of hydrogen-bond acceptors (Lipinski definition) is 7. The number of methoxy groups -OCH3 is 2. The van der Waals surface area contributed by atoms with Gasteiger partial charge in [-0.15, -0.1) is 0 Å². The second-order valence-corrected chi connectivity index (χ2v) is 9.90. The zero-order chi connectivity index (χ0) is 23.4. The van der Waals surface area contributed by atoms with E-state index in [2.05, 4.69) is 0 Å². The molecule has 0 N–H and O–H groups in total. The lowest BCUT2D eigenvalue weighted by Crippen LogP contribution is -2.31. The highest BCUT2D eigenvalue weighted by Gasteiger charge is 2.44. The molecular weight excluding hydrogens is 442 g/mol. The highest BCUT2D eigenvalue weighted by atomic mass is 32.2. The Kier molecular flexibility index (Phi) is 6.88. The highest BCUT2D eigenvalue weighted by molar-refractivity contribution is 7.92. The smallest absolute Gasteiger partial charge is 0.185 e. The van der Waals surface area contributed by atoms with Crippen molar-refractivity contribution in [1.82, 2.24) is 5.06 Å². The minimum absolute atomic E-state index is 0.0798. The molecule has 8 heteroatoms. The summed E-state index contributed by atoms with van der Waals surface area (Å²) in [6.07, 6.45) is 0. The van der Waals surface area contributed by atoms with Gasteiger partial charge in [0.2, 0.25) is 0 Å². The quantitative estimate of drug-likeness (QED) is 0.493. The van der Waals surface area contributed by atoms with Crippen LogP contribution in [0.2, 0.25) is 0 Å². The molecule has 1 saturated heterocycles. The second-order valence-electron chi connectivity index (χ2n) is 7.73. The number of benzene rings is 3. The van der Waals surface area contributed by atoms with E-state index in [1.807, 2.05) is 36.4 Å². The number of hydroxylamine groups is 2. The molecular formula is C25H27NO6S. The molecule has 1 fully saturated rings. The zero-order valence-corrected chi connectivity index (χ0v) is 19.6. The lowest BCUT2D eigenvalue weighted by Gasteiger charge is -2.24. The van der Waals surface area contributed by atoms with Gasteiger partial charge < -0.3 is 14.2 Å². The van der Waals surface area contributed by atoms with Crippen molar-refractivity contribution in [2.75, 3.05) is 27.9 Å². The summed E-state index contributed by atoms with van der Waals surface area (Å²) in [6, 6.07) is 21.1. The van der Waals surface area contributed by atoms with Crippen LogP contribution < -0.4 is 14.2 Å². The van der Waals surface area contributed by atoms with Gasteiger partial charge in [-0.25, -0.2) is 8.42 Å². The van der Waals surface area contributed by atoms with Crippen molar-refractivity contribution < 1.29 is 27.5 Å². The van der Waals surface area contributed by atoms with Crippen molar-refractivity contribution in [3.05, 3.63) is 83.9 Å². The average molecular weight is 470 g/mol. The molecule has 0 aromatic heterocycles. The minimum Gasteiger partial charge on any atom is -0.497 e. The predicted octanol–water partition coefficient (Wildman–Crippen LogP) is 4.04. The fourth-order valence-electron chi connectivity index (χ4n) is 3.94. The Labute approximate surface area is 194 Å². The van der Waals surface area contributed by atoms with Crippen molar-refractivity contribution >= 4 is 9.84 Å². The predicted molar refractivity (Wildman–Crippen MR) is 124 cm³/mol. The van der Waals surface area contributed by atoms with Gasteiger partial charge in [-0.05, 0) is 47.5 Å². The van der Waals surface area contributed by atoms with Gasteiger partial charge in [0.05, 0.1) is 31.8 Å². The Morgan fingerprint density at radius 1 is 0.939 bits per heavy atom. The van der Waals surface area contributed by atoms with Crippen LogP contribution in [0.15, 0.2) is 77.7 Å². The van der Waals surface area contributed by atoms with Crippen molar-refractivity contribution in [1.29, 1.82) is 0 Å². The summed E-state index contributed by atoms with van der Waals surface area (Å²) in [5.74, 6) is 1.88. The van der Waals surface area contributed by atoms with Gasteiger partial charge in [0.25, 0.3) is 0 Å². The van der Waals surface area contributed by atoms with E-state index in [1.165, 1.54) is 0 Å². The normalized spacial score (nSPS) is 18.8. The Balaban J connectivity index is 1.57. The van der Waals surface area contributed by atoms with Gasteiger partial charge in [-0.2, -0.15) is 5.06 Å². The third kappa shape index (κ3) is 4.83. The van der Waals surface area contributed by atoms with Crippen LogP contribution in [-0.2, 0) is 21.3 Å². The highest BCUT2D eigenvalue weighted by Crippen LogP contribution is 2.39. The molecule has 3 aromatic carbocycles. The van der Waals surface area contributed by atoms with E-state index in [0.717, 1.165) is 16.9 Å². The Morgan fingerprint density at radius 2 is 1.67 bits per heavy atom. The van der Waals surface area contributed by atoms with Crippen LogP contribution in [0.4, 0.5) is 0 Å². The molecule has 0 aliphatic carbocycles. The number of hydrogen-bond donors (Lipinski definition) is 0. The molecule has 4 rings (SSSR count). The summed E-state index contributed by atoms with van der Waals surface area (Å²) in [5.41, 5.74) is 1.76. The molecule has 3 aromatic rings. The standard InChI is InChI=1S/C25H27NO6S/c1-26-25(24(17-32-26)33(27,28)21-7-5-4-6-8-21)19-11-14-22(23(15-19)30-3)31-16-18-9-12-20(29-2)13-10-18/h4-15,24-25H,16-17H2,1-3H3/t24-,25+/m0/s1. The monoisotopic (exact) mass is 469 g/mol. The minimum atomic E-state index is -3.60. The Hall–Kier alpha value is -3.07. The van der Waals surface area contributed by atoms with Crippen LogP contribution in [-0.4, -0.2) is 46.6 Å². The first-order chi connectivity index (χ1) is 15.9. The summed E-state index contributed by atoms with van der Waals surface area (Å²) >= 11 is 0. The fraction of sp³-hybridized carbons (Fsp3) is 0.280. The molecule has 174 valence electrons. The number of rotatable bonds is 8. The molecule has 1 aliphatic rings. The van der Waals surface area contributed by atoms with Gasteiger partial charge in [0.1, 0.15) is 17.6 Å². The maximum atomic E-state index is 13.3. The van der Waals surface area contributed by atoms with Crippen molar-refractivity contribution in [2.45, 2.75) is 22.8 Å². The van der Waals surface area contributed by atoms with Crippen LogP contribution >= 0.6 is 0 Å². The lowest BCUT2D eigenvalue weighted by molar-refractivity contribution is -0.110. The van der Waals surface area contributed by atoms with Crippen LogP contribution in [0.25, 0.3) is 0 Å². The van der Waals surface area contributed by atoms with E-state index < -0.39 is 21.1 Å². The Morgan fingerprint density at radius 3 is 2.33 bits per heavy atom. The zero-order valence-electron chi connectivity index (χ0n) is 18.8. The molecule has 0 spiro atoms. The maximum absolute atomic E-state index is 13.3. The second kappa shape index (κ2) is 9.82. The van der Waals surface area contributed by atoms with E-state index in [9.17, 15) is 8.42 Å². The molecule has 33 heavy (non-hydrogen) atoms. The van der Waals surface area contributed by atoms with E-state index in [-0.39, 0.29) is 11.5 Å². The van der Waals surface area contributed by atoms with Crippen LogP contribution in [0, 0.1) is 0 Å². The molecule has 0 unspecified atom stereocenters. The van der Waals surface area contributed by atoms with Crippen molar-refractivity contribution in [2.24, 2.45) is 0 Å². The SMILES string of the molecule is COc1ccc(COc2ccc([C@@H]3[C@@H](S(=O)(=O)c4ccccc4)CON3C)cc2OC)cc1.